The van der Waals surface area contributed by atoms with Gasteiger partial charge in [-0.05, 0) is 23.8 Å². The average Bonchev–Trinajstić information content (AvgIpc) is 3.09. The quantitative estimate of drug-likeness (QED) is 0.779. The predicted molar refractivity (Wildman–Crippen MR) is 89.2 cm³/mol. The van der Waals surface area contributed by atoms with Crippen molar-refractivity contribution in [1.29, 1.82) is 0 Å². The second kappa shape index (κ2) is 6.33. The van der Waals surface area contributed by atoms with Crippen LogP contribution >= 0.6 is 0 Å². The summed E-state index contributed by atoms with van der Waals surface area (Å²) in [6, 6.07) is 11.8. The van der Waals surface area contributed by atoms with Gasteiger partial charge in [-0.1, -0.05) is 18.2 Å². The highest BCUT2D eigenvalue weighted by Gasteiger charge is 2.13. The van der Waals surface area contributed by atoms with Crippen molar-refractivity contribution in [3.05, 3.63) is 54.0 Å². The lowest BCUT2D eigenvalue weighted by Crippen LogP contribution is -2.14. The van der Waals surface area contributed by atoms with Crippen molar-refractivity contribution in [3.63, 3.8) is 0 Å². The predicted octanol–water partition coefficient (Wildman–Crippen LogP) is 2.66. The third kappa shape index (κ3) is 2.72. The normalized spacial score (nSPS) is 12.5. The minimum absolute atomic E-state index is 0.293. The van der Waals surface area contributed by atoms with E-state index in [1.807, 2.05) is 36.4 Å². The molecular formula is C18H17N3O3. The smallest absolute Gasteiger partial charge is 0.231 e. The molecule has 0 aliphatic carbocycles. The maximum absolute atomic E-state index is 5.40. The van der Waals surface area contributed by atoms with Gasteiger partial charge in [-0.15, -0.1) is 0 Å². The summed E-state index contributed by atoms with van der Waals surface area (Å²) < 4.78 is 16.1. The van der Waals surface area contributed by atoms with Crippen LogP contribution in [0.25, 0.3) is 10.9 Å². The van der Waals surface area contributed by atoms with E-state index in [4.69, 9.17) is 14.2 Å². The SMILES string of the molecule is COc1cccc2c(CNCc3ccc4c(c3)OCO4)ncnc12. The van der Waals surface area contributed by atoms with Gasteiger partial charge in [0.05, 0.1) is 12.8 Å². The molecule has 4 rings (SSSR count). The molecule has 1 aromatic heterocycles. The minimum atomic E-state index is 0.293. The first-order valence-electron chi connectivity index (χ1n) is 7.71. The van der Waals surface area contributed by atoms with E-state index in [-0.39, 0.29) is 0 Å². The first kappa shape index (κ1) is 14.7. The molecule has 0 bridgehead atoms. The Labute approximate surface area is 139 Å². The molecule has 0 radical (unpaired) electrons. The fraction of sp³-hybridized carbons (Fsp3) is 0.222. The summed E-state index contributed by atoms with van der Waals surface area (Å²) in [5.41, 5.74) is 2.91. The van der Waals surface area contributed by atoms with Crippen LogP contribution < -0.4 is 19.5 Å². The van der Waals surface area contributed by atoms with Gasteiger partial charge in [0.25, 0.3) is 0 Å². The molecule has 2 aromatic carbocycles. The number of para-hydroxylation sites is 1. The van der Waals surface area contributed by atoms with Gasteiger partial charge in [0.15, 0.2) is 11.5 Å². The second-order valence-corrected chi connectivity index (χ2v) is 5.47. The highest BCUT2D eigenvalue weighted by atomic mass is 16.7. The van der Waals surface area contributed by atoms with Crippen molar-refractivity contribution in [2.75, 3.05) is 13.9 Å². The Balaban J connectivity index is 1.49. The third-order valence-electron chi connectivity index (χ3n) is 3.99. The zero-order valence-electron chi connectivity index (χ0n) is 13.3. The van der Waals surface area contributed by atoms with Crippen LogP contribution in [0.5, 0.6) is 17.2 Å². The van der Waals surface area contributed by atoms with E-state index in [9.17, 15) is 0 Å². The number of benzene rings is 2. The monoisotopic (exact) mass is 323 g/mol. The van der Waals surface area contributed by atoms with Crippen LogP contribution in [0.2, 0.25) is 0 Å². The average molecular weight is 323 g/mol. The Morgan fingerprint density at radius 1 is 1.08 bits per heavy atom. The summed E-state index contributed by atoms with van der Waals surface area (Å²) in [5.74, 6) is 2.35. The number of nitrogens with zero attached hydrogens (tertiary/aromatic N) is 2. The molecule has 6 heteroatoms. The van der Waals surface area contributed by atoms with Crippen LogP contribution in [0.3, 0.4) is 0 Å². The molecule has 6 nitrogen and oxygen atoms in total. The maximum atomic E-state index is 5.40. The number of aromatic nitrogens is 2. The van der Waals surface area contributed by atoms with E-state index in [0.717, 1.165) is 39.4 Å². The van der Waals surface area contributed by atoms with Crippen LogP contribution in [0, 0.1) is 0 Å². The zero-order chi connectivity index (χ0) is 16.4. The number of fused-ring (bicyclic) bond motifs is 2. The summed E-state index contributed by atoms with van der Waals surface area (Å²) in [6.07, 6.45) is 1.57. The standard InChI is InChI=1S/C18H17N3O3/c1-22-16-4-2-3-13-14(20-10-21-18(13)16)9-19-8-12-5-6-15-17(7-12)24-11-23-15/h2-7,10,19H,8-9,11H2,1H3. The van der Waals surface area contributed by atoms with Crippen molar-refractivity contribution >= 4 is 10.9 Å². The zero-order valence-corrected chi connectivity index (χ0v) is 13.3. The van der Waals surface area contributed by atoms with Crippen LogP contribution in [0.4, 0.5) is 0 Å². The van der Waals surface area contributed by atoms with Crippen LogP contribution in [0.1, 0.15) is 11.3 Å². The Morgan fingerprint density at radius 3 is 2.92 bits per heavy atom. The van der Waals surface area contributed by atoms with E-state index >= 15 is 0 Å². The van der Waals surface area contributed by atoms with Crippen LogP contribution in [-0.2, 0) is 13.1 Å². The van der Waals surface area contributed by atoms with Gasteiger partial charge < -0.3 is 19.5 Å². The van der Waals surface area contributed by atoms with E-state index < -0.39 is 0 Å². The molecule has 0 unspecified atom stereocenters. The van der Waals surface area contributed by atoms with Crippen molar-refractivity contribution in [3.8, 4) is 17.2 Å². The van der Waals surface area contributed by atoms with Crippen molar-refractivity contribution < 1.29 is 14.2 Å². The summed E-state index contributed by atoms with van der Waals surface area (Å²) in [4.78, 5) is 8.72. The van der Waals surface area contributed by atoms with Gasteiger partial charge in [0.1, 0.15) is 17.6 Å². The van der Waals surface area contributed by atoms with Gasteiger partial charge in [0, 0.05) is 18.5 Å². The van der Waals surface area contributed by atoms with Crippen molar-refractivity contribution in [2.45, 2.75) is 13.1 Å². The molecule has 1 aliphatic heterocycles. The number of hydrogen-bond donors (Lipinski definition) is 1. The fourth-order valence-corrected chi connectivity index (χ4v) is 2.80. The molecule has 0 saturated carbocycles. The summed E-state index contributed by atoms with van der Waals surface area (Å²) in [5, 5.41) is 4.41. The Bertz CT molecular complexity index is 883. The molecule has 122 valence electrons. The molecule has 0 spiro atoms. The molecule has 0 atom stereocenters. The first-order valence-corrected chi connectivity index (χ1v) is 7.71. The van der Waals surface area contributed by atoms with Gasteiger partial charge in [-0.25, -0.2) is 9.97 Å². The molecule has 1 N–H and O–H groups in total. The number of rotatable bonds is 5. The topological polar surface area (TPSA) is 65.5 Å². The summed E-state index contributed by atoms with van der Waals surface area (Å²) in [7, 11) is 1.65. The summed E-state index contributed by atoms with van der Waals surface area (Å²) in [6.45, 7) is 1.65. The van der Waals surface area contributed by atoms with Crippen LogP contribution in [-0.4, -0.2) is 23.9 Å². The van der Waals surface area contributed by atoms with E-state index in [2.05, 4.69) is 15.3 Å². The Kier molecular flexibility index (Phi) is 3.88. The number of hydrogen-bond acceptors (Lipinski definition) is 6. The Hall–Kier alpha value is -2.86. The molecule has 0 amide bonds. The Morgan fingerprint density at radius 2 is 2.00 bits per heavy atom. The van der Waals surface area contributed by atoms with E-state index in [1.54, 1.807) is 13.4 Å². The number of methoxy groups -OCH3 is 1. The maximum Gasteiger partial charge on any atom is 0.231 e. The second-order valence-electron chi connectivity index (χ2n) is 5.47. The molecule has 0 fully saturated rings. The van der Waals surface area contributed by atoms with Crippen LogP contribution in [0.15, 0.2) is 42.7 Å². The van der Waals surface area contributed by atoms with Gasteiger partial charge in [0.2, 0.25) is 6.79 Å². The first-order chi connectivity index (χ1) is 11.8. The molecular weight excluding hydrogens is 306 g/mol. The fourth-order valence-electron chi connectivity index (χ4n) is 2.80. The van der Waals surface area contributed by atoms with E-state index in [1.165, 1.54) is 0 Å². The van der Waals surface area contributed by atoms with Crippen molar-refractivity contribution in [1.82, 2.24) is 15.3 Å². The van der Waals surface area contributed by atoms with Gasteiger partial charge >= 0.3 is 0 Å². The largest absolute Gasteiger partial charge is 0.494 e. The lowest BCUT2D eigenvalue weighted by Gasteiger charge is -2.09. The summed E-state index contributed by atoms with van der Waals surface area (Å²) >= 11 is 0. The molecule has 2 heterocycles. The number of ether oxygens (including phenoxy) is 3. The van der Waals surface area contributed by atoms with Gasteiger partial charge in [-0.3, -0.25) is 0 Å². The highest BCUT2D eigenvalue weighted by molar-refractivity contribution is 5.86. The number of nitrogens with one attached hydrogen (secondary N) is 1. The lowest BCUT2D eigenvalue weighted by molar-refractivity contribution is 0.174. The molecule has 3 aromatic rings. The van der Waals surface area contributed by atoms with E-state index in [0.29, 0.717) is 19.9 Å². The molecule has 24 heavy (non-hydrogen) atoms. The highest BCUT2D eigenvalue weighted by Crippen LogP contribution is 2.32. The minimum Gasteiger partial charge on any atom is -0.494 e. The lowest BCUT2D eigenvalue weighted by atomic mass is 10.1. The molecule has 0 saturated heterocycles. The van der Waals surface area contributed by atoms with Crippen molar-refractivity contribution in [2.24, 2.45) is 0 Å². The third-order valence-corrected chi connectivity index (χ3v) is 3.99. The molecule has 1 aliphatic rings. The van der Waals surface area contributed by atoms with Gasteiger partial charge in [-0.2, -0.15) is 0 Å².